The Balaban J connectivity index is 1.59. The molecule has 0 aromatic heterocycles. The molecule has 0 aliphatic heterocycles. The third-order valence-electron chi connectivity index (χ3n) is 8.13. The van der Waals surface area contributed by atoms with E-state index in [-0.39, 0.29) is 45.5 Å². The lowest BCUT2D eigenvalue weighted by Crippen LogP contribution is -2.54. The number of halogens is 4. The van der Waals surface area contributed by atoms with Crippen LogP contribution in [0.25, 0.3) is 0 Å². The number of carbonyl (C=O) groups excluding carboxylic acids is 2. The molecule has 1 fully saturated rings. The van der Waals surface area contributed by atoms with Gasteiger partial charge in [0.25, 0.3) is 10.0 Å². The van der Waals surface area contributed by atoms with E-state index in [0.717, 1.165) is 35.6 Å². The number of rotatable bonds is 12. The van der Waals surface area contributed by atoms with Gasteiger partial charge in [0.1, 0.15) is 12.6 Å². The second kappa shape index (κ2) is 15.8. The van der Waals surface area contributed by atoms with Gasteiger partial charge in [-0.25, -0.2) is 8.42 Å². The molecule has 1 aliphatic rings. The monoisotopic (exact) mass is 731 g/mol. The predicted octanol–water partition coefficient (Wildman–Crippen LogP) is 8.19. The highest BCUT2D eigenvalue weighted by atomic mass is 35.5. The van der Waals surface area contributed by atoms with Gasteiger partial charge in [-0.1, -0.05) is 114 Å². The Morgan fingerprint density at radius 1 is 0.787 bits per heavy atom. The van der Waals surface area contributed by atoms with Crippen LogP contribution in [-0.2, 0) is 32.6 Å². The van der Waals surface area contributed by atoms with E-state index in [9.17, 15) is 18.0 Å². The Bertz CT molecular complexity index is 1820. The first kappa shape index (κ1) is 35.0. The number of sulfonamides is 1. The molecule has 2 amide bonds. The fraction of sp³-hybridized carbons (Fsp3) is 0.257. The number of hydrogen-bond donors (Lipinski definition) is 1. The summed E-state index contributed by atoms with van der Waals surface area (Å²) in [5.74, 6) is -0.949. The van der Waals surface area contributed by atoms with Gasteiger partial charge in [0.15, 0.2) is 0 Å². The third-order valence-corrected chi connectivity index (χ3v) is 11.2. The van der Waals surface area contributed by atoms with Gasteiger partial charge in [-0.15, -0.1) is 0 Å². The molecule has 47 heavy (non-hydrogen) atoms. The largest absolute Gasteiger partial charge is 0.352 e. The van der Waals surface area contributed by atoms with Gasteiger partial charge in [-0.2, -0.15) is 0 Å². The highest BCUT2D eigenvalue weighted by molar-refractivity contribution is 7.92. The van der Waals surface area contributed by atoms with Crippen LogP contribution in [-0.4, -0.2) is 43.8 Å². The molecule has 1 unspecified atom stereocenters. The molecule has 1 aliphatic carbocycles. The molecule has 4 aromatic rings. The van der Waals surface area contributed by atoms with Crippen molar-refractivity contribution in [3.63, 3.8) is 0 Å². The highest BCUT2D eigenvalue weighted by Crippen LogP contribution is 2.31. The van der Waals surface area contributed by atoms with Gasteiger partial charge in [-0.3, -0.25) is 13.9 Å². The Kier molecular flexibility index (Phi) is 11.7. The van der Waals surface area contributed by atoms with Crippen LogP contribution in [0.15, 0.2) is 102 Å². The van der Waals surface area contributed by atoms with Gasteiger partial charge >= 0.3 is 0 Å². The Hall–Kier alpha value is -3.27. The summed E-state index contributed by atoms with van der Waals surface area (Å²) >= 11 is 25.3. The van der Waals surface area contributed by atoms with Crippen molar-refractivity contribution >= 4 is 73.9 Å². The number of hydrogen-bond acceptors (Lipinski definition) is 4. The van der Waals surface area contributed by atoms with E-state index in [1.54, 1.807) is 36.4 Å². The van der Waals surface area contributed by atoms with E-state index >= 15 is 0 Å². The van der Waals surface area contributed by atoms with Crippen LogP contribution in [0.5, 0.6) is 0 Å². The molecule has 0 saturated heterocycles. The smallest absolute Gasteiger partial charge is 0.264 e. The number of carbonyl (C=O) groups is 2. The fourth-order valence-corrected chi connectivity index (χ4v) is 7.83. The molecule has 0 bridgehead atoms. The predicted molar refractivity (Wildman–Crippen MR) is 189 cm³/mol. The zero-order valence-electron chi connectivity index (χ0n) is 25.3. The van der Waals surface area contributed by atoms with E-state index in [4.69, 9.17) is 46.4 Å². The van der Waals surface area contributed by atoms with Crippen LogP contribution in [0.2, 0.25) is 20.1 Å². The van der Waals surface area contributed by atoms with Crippen molar-refractivity contribution in [3.8, 4) is 0 Å². The van der Waals surface area contributed by atoms with Crippen molar-refractivity contribution in [2.45, 2.75) is 55.6 Å². The first-order chi connectivity index (χ1) is 22.5. The number of anilines is 1. The van der Waals surface area contributed by atoms with Gasteiger partial charge in [0, 0.05) is 29.1 Å². The van der Waals surface area contributed by atoms with Gasteiger partial charge < -0.3 is 10.2 Å². The average molecular weight is 734 g/mol. The molecule has 0 heterocycles. The number of nitrogens with zero attached hydrogens (tertiary/aromatic N) is 2. The minimum atomic E-state index is -4.28. The van der Waals surface area contributed by atoms with Crippen LogP contribution < -0.4 is 9.62 Å². The third kappa shape index (κ3) is 8.80. The van der Waals surface area contributed by atoms with E-state index in [2.05, 4.69) is 5.32 Å². The number of nitrogens with one attached hydrogen (secondary N) is 1. The molecule has 0 spiro atoms. The van der Waals surface area contributed by atoms with Crippen LogP contribution in [0, 0.1) is 0 Å². The van der Waals surface area contributed by atoms with Crippen LogP contribution in [0.4, 0.5) is 5.69 Å². The Morgan fingerprint density at radius 2 is 1.45 bits per heavy atom. The number of amides is 2. The fourth-order valence-electron chi connectivity index (χ4n) is 5.64. The highest BCUT2D eigenvalue weighted by Gasteiger charge is 2.36. The molecule has 7 nitrogen and oxygen atoms in total. The molecule has 5 rings (SSSR count). The van der Waals surface area contributed by atoms with Crippen molar-refractivity contribution in [2.24, 2.45) is 0 Å². The maximum absolute atomic E-state index is 14.6. The normalized spacial score (nSPS) is 14.0. The first-order valence-corrected chi connectivity index (χ1v) is 18.1. The maximum atomic E-state index is 14.6. The molecular formula is C35H33Cl4N3O4S. The van der Waals surface area contributed by atoms with Gasteiger partial charge in [-0.05, 0) is 66.4 Å². The summed E-state index contributed by atoms with van der Waals surface area (Å²) < 4.78 is 29.2. The molecule has 246 valence electrons. The maximum Gasteiger partial charge on any atom is 0.264 e. The quantitative estimate of drug-likeness (QED) is 0.159. The summed E-state index contributed by atoms with van der Waals surface area (Å²) in [6.07, 6.45) is 3.90. The molecule has 1 N–H and O–H groups in total. The lowest BCUT2D eigenvalue weighted by Gasteiger charge is -2.34. The number of benzene rings is 4. The van der Waals surface area contributed by atoms with Crippen molar-refractivity contribution in [3.05, 3.63) is 128 Å². The van der Waals surface area contributed by atoms with Crippen molar-refractivity contribution in [1.82, 2.24) is 10.2 Å². The average Bonchev–Trinajstić information content (AvgIpc) is 3.57. The summed E-state index contributed by atoms with van der Waals surface area (Å²) in [5, 5.41) is 4.21. The second-order valence-electron chi connectivity index (χ2n) is 11.4. The molecule has 1 saturated carbocycles. The summed E-state index contributed by atoms with van der Waals surface area (Å²) in [6.45, 7) is -0.715. The summed E-state index contributed by atoms with van der Waals surface area (Å²) in [5.41, 5.74) is 1.51. The molecular weight excluding hydrogens is 700 g/mol. The zero-order valence-corrected chi connectivity index (χ0v) is 29.1. The zero-order chi connectivity index (χ0) is 33.6. The summed E-state index contributed by atoms with van der Waals surface area (Å²) in [6, 6.07) is 25.4. The lowest BCUT2D eigenvalue weighted by atomic mass is 10.0. The molecule has 0 radical (unpaired) electrons. The van der Waals surface area contributed by atoms with Crippen molar-refractivity contribution in [1.29, 1.82) is 0 Å². The standard InChI is InChI=1S/C35H33Cl4N3O4S/c36-26-16-15-25(31(38)20-26)22-41(33(19-24-9-3-1-4-10-24)35(44)40-27-11-7-8-12-27)34(43)23-42(28-17-18-30(37)32(39)21-28)47(45,46)29-13-5-2-6-14-29/h1-6,9-10,13-18,20-21,27,33H,7-8,11-12,19,22-23H2,(H,40,44). The van der Waals surface area contributed by atoms with Crippen LogP contribution in [0.3, 0.4) is 0 Å². The minimum Gasteiger partial charge on any atom is -0.352 e. The van der Waals surface area contributed by atoms with E-state index in [1.807, 2.05) is 30.3 Å². The van der Waals surface area contributed by atoms with Gasteiger partial charge in [0.05, 0.1) is 20.6 Å². The van der Waals surface area contributed by atoms with E-state index < -0.39 is 28.5 Å². The van der Waals surface area contributed by atoms with E-state index in [0.29, 0.717) is 15.6 Å². The summed E-state index contributed by atoms with van der Waals surface area (Å²) in [7, 11) is -4.28. The second-order valence-corrected chi connectivity index (χ2v) is 14.9. The molecule has 1 atom stereocenters. The van der Waals surface area contributed by atoms with E-state index in [1.165, 1.54) is 35.2 Å². The summed E-state index contributed by atoms with van der Waals surface area (Å²) in [4.78, 5) is 30.1. The first-order valence-electron chi connectivity index (χ1n) is 15.1. The molecule has 12 heteroatoms. The molecule has 4 aromatic carbocycles. The topological polar surface area (TPSA) is 86.8 Å². The van der Waals surface area contributed by atoms with Gasteiger partial charge in [0.2, 0.25) is 11.8 Å². The van der Waals surface area contributed by atoms with Crippen molar-refractivity contribution < 1.29 is 18.0 Å². The van der Waals surface area contributed by atoms with Crippen molar-refractivity contribution in [2.75, 3.05) is 10.8 Å². The minimum absolute atomic E-state index is 0.0111. The van der Waals surface area contributed by atoms with Crippen LogP contribution in [0.1, 0.15) is 36.8 Å². The Labute approximate surface area is 295 Å². The Morgan fingerprint density at radius 3 is 2.09 bits per heavy atom. The lowest BCUT2D eigenvalue weighted by molar-refractivity contribution is -0.140. The SMILES string of the molecule is O=C(NC1CCCC1)C(Cc1ccccc1)N(Cc1ccc(Cl)cc1Cl)C(=O)CN(c1ccc(Cl)c(Cl)c1)S(=O)(=O)c1ccccc1. The van der Waals surface area contributed by atoms with Crippen LogP contribution >= 0.6 is 46.4 Å².